The number of methoxy groups -OCH3 is 1. The van der Waals surface area contributed by atoms with Crippen LogP contribution in [0.5, 0.6) is 11.5 Å². The summed E-state index contributed by atoms with van der Waals surface area (Å²) in [6.45, 7) is 2.37. The summed E-state index contributed by atoms with van der Waals surface area (Å²) in [7, 11) is 1.49. The number of amides is 1. The van der Waals surface area contributed by atoms with Crippen molar-refractivity contribution in [3.63, 3.8) is 0 Å². The van der Waals surface area contributed by atoms with Crippen LogP contribution in [0.15, 0.2) is 72.3 Å². The van der Waals surface area contributed by atoms with E-state index in [2.05, 4.69) is 5.32 Å². The lowest BCUT2D eigenvalue weighted by Gasteiger charge is -2.12. The van der Waals surface area contributed by atoms with Crippen LogP contribution in [0.2, 0.25) is 0 Å². The van der Waals surface area contributed by atoms with Gasteiger partial charge in [0.2, 0.25) is 0 Å². The molecule has 0 fully saturated rings. The van der Waals surface area contributed by atoms with Gasteiger partial charge in [0.15, 0.2) is 11.5 Å². The molecule has 0 spiro atoms. The fraction of sp³-hybridized carbons (Fsp3) is 0.120. The Morgan fingerprint density at radius 3 is 2.52 bits per heavy atom. The Bertz CT molecular complexity index is 1240. The van der Waals surface area contributed by atoms with E-state index in [1.165, 1.54) is 31.4 Å². The molecule has 3 rings (SSSR count). The highest BCUT2D eigenvalue weighted by Gasteiger charge is 2.17. The molecule has 0 heterocycles. The van der Waals surface area contributed by atoms with Crippen molar-refractivity contribution in [3.8, 4) is 17.6 Å². The minimum atomic E-state index is -0.759. The molecule has 0 aliphatic rings. The SMILES string of the molecule is COc1cc(C=C(C#N)C(=O)Nc2ccccc2[N+](=O)[O-])ccc1OCc1ccc(C)cc1. The first-order chi connectivity index (χ1) is 15.9. The van der Waals surface area contributed by atoms with Crippen LogP contribution in [0.3, 0.4) is 0 Å². The molecule has 3 aromatic carbocycles. The van der Waals surface area contributed by atoms with E-state index >= 15 is 0 Å². The fourth-order valence-corrected chi connectivity index (χ4v) is 2.98. The van der Waals surface area contributed by atoms with E-state index < -0.39 is 10.8 Å². The van der Waals surface area contributed by atoms with Crippen LogP contribution in [0, 0.1) is 28.4 Å². The minimum absolute atomic E-state index is 0.00563. The average Bonchev–Trinajstić information content (AvgIpc) is 2.82. The highest BCUT2D eigenvalue weighted by molar-refractivity contribution is 6.10. The van der Waals surface area contributed by atoms with E-state index in [9.17, 15) is 20.2 Å². The molecule has 0 aliphatic carbocycles. The Hall–Kier alpha value is -4.64. The second-order valence-corrected chi connectivity index (χ2v) is 7.08. The molecule has 8 nitrogen and oxygen atoms in total. The molecule has 33 heavy (non-hydrogen) atoms. The van der Waals surface area contributed by atoms with Gasteiger partial charge in [-0.3, -0.25) is 14.9 Å². The zero-order chi connectivity index (χ0) is 23.8. The summed E-state index contributed by atoms with van der Waals surface area (Å²) < 4.78 is 11.2. The first-order valence-corrected chi connectivity index (χ1v) is 9.94. The van der Waals surface area contributed by atoms with Crippen LogP contribution in [0.1, 0.15) is 16.7 Å². The maximum atomic E-state index is 12.5. The number of hydrogen-bond acceptors (Lipinski definition) is 6. The van der Waals surface area contributed by atoms with E-state index in [1.54, 1.807) is 24.3 Å². The standard InChI is InChI=1S/C25H21N3O5/c1-17-7-9-18(10-8-17)16-33-23-12-11-19(14-24(23)32-2)13-20(15-26)25(29)27-21-5-3-4-6-22(21)28(30)31/h3-14H,16H2,1-2H3,(H,27,29). The van der Waals surface area contributed by atoms with Crippen molar-refractivity contribution in [1.29, 1.82) is 5.26 Å². The third-order valence-electron chi connectivity index (χ3n) is 4.73. The quantitative estimate of drug-likeness (QED) is 0.226. The van der Waals surface area contributed by atoms with Crippen LogP contribution in [0.25, 0.3) is 6.08 Å². The van der Waals surface area contributed by atoms with E-state index in [-0.39, 0.29) is 16.9 Å². The van der Waals surface area contributed by atoms with Gasteiger partial charge in [-0.05, 0) is 42.3 Å². The summed E-state index contributed by atoms with van der Waals surface area (Å²) >= 11 is 0. The Morgan fingerprint density at radius 2 is 1.85 bits per heavy atom. The maximum absolute atomic E-state index is 12.5. The molecule has 1 amide bonds. The molecule has 0 aromatic heterocycles. The number of nitrogens with zero attached hydrogens (tertiary/aromatic N) is 2. The topological polar surface area (TPSA) is 114 Å². The van der Waals surface area contributed by atoms with Crippen molar-refractivity contribution in [2.75, 3.05) is 12.4 Å². The zero-order valence-electron chi connectivity index (χ0n) is 18.1. The summed E-state index contributed by atoms with van der Waals surface area (Å²) in [5.74, 6) is 0.191. The molecule has 1 N–H and O–H groups in total. The van der Waals surface area contributed by atoms with Gasteiger partial charge in [0, 0.05) is 6.07 Å². The lowest BCUT2D eigenvalue weighted by Crippen LogP contribution is -2.14. The van der Waals surface area contributed by atoms with Gasteiger partial charge >= 0.3 is 0 Å². The monoisotopic (exact) mass is 443 g/mol. The van der Waals surface area contributed by atoms with Gasteiger partial charge < -0.3 is 14.8 Å². The predicted molar refractivity (Wildman–Crippen MR) is 124 cm³/mol. The molecular weight excluding hydrogens is 422 g/mol. The Morgan fingerprint density at radius 1 is 1.12 bits per heavy atom. The van der Waals surface area contributed by atoms with Gasteiger partial charge in [-0.25, -0.2) is 0 Å². The maximum Gasteiger partial charge on any atom is 0.292 e. The Balaban J connectivity index is 1.78. The number of rotatable bonds is 8. The summed E-state index contributed by atoms with van der Waals surface area (Å²) in [6.07, 6.45) is 1.37. The highest BCUT2D eigenvalue weighted by atomic mass is 16.6. The molecule has 166 valence electrons. The summed E-state index contributed by atoms with van der Waals surface area (Å²) in [5, 5.41) is 23.0. The number of anilines is 1. The number of nitriles is 1. The van der Waals surface area contributed by atoms with Crippen LogP contribution in [-0.4, -0.2) is 17.9 Å². The number of nitro benzene ring substituents is 1. The Labute approximate surface area is 190 Å². The minimum Gasteiger partial charge on any atom is -0.493 e. The summed E-state index contributed by atoms with van der Waals surface area (Å²) in [5.41, 5.74) is 2.22. The van der Waals surface area contributed by atoms with Crippen molar-refractivity contribution in [1.82, 2.24) is 0 Å². The number of benzene rings is 3. The highest BCUT2D eigenvalue weighted by Crippen LogP contribution is 2.30. The van der Waals surface area contributed by atoms with Crippen LogP contribution < -0.4 is 14.8 Å². The summed E-state index contributed by atoms with van der Waals surface area (Å²) in [4.78, 5) is 23.1. The van der Waals surface area contributed by atoms with Crippen LogP contribution >= 0.6 is 0 Å². The van der Waals surface area contributed by atoms with Gasteiger partial charge in [0.05, 0.1) is 12.0 Å². The van der Waals surface area contributed by atoms with E-state index in [1.807, 2.05) is 37.3 Å². The van der Waals surface area contributed by atoms with Gasteiger partial charge in [-0.15, -0.1) is 0 Å². The Kier molecular flexibility index (Phi) is 7.39. The van der Waals surface area contributed by atoms with Crippen LogP contribution in [-0.2, 0) is 11.4 Å². The third-order valence-corrected chi connectivity index (χ3v) is 4.73. The van der Waals surface area contributed by atoms with Crippen molar-refractivity contribution in [3.05, 3.63) is 99.1 Å². The molecule has 0 atom stereocenters. The number of aryl methyl sites for hydroxylation is 1. The second kappa shape index (κ2) is 10.6. The van der Waals surface area contributed by atoms with Crippen molar-refractivity contribution in [2.45, 2.75) is 13.5 Å². The van der Waals surface area contributed by atoms with Crippen molar-refractivity contribution in [2.24, 2.45) is 0 Å². The average molecular weight is 443 g/mol. The predicted octanol–water partition coefficient (Wildman–Crippen LogP) is 5.04. The van der Waals surface area contributed by atoms with Crippen LogP contribution in [0.4, 0.5) is 11.4 Å². The van der Waals surface area contributed by atoms with Gasteiger partial charge in [0.1, 0.15) is 23.9 Å². The number of carbonyl (C=O) groups is 1. The smallest absolute Gasteiger partial charge is 0.292 e. The largest absolute Gasteiger partial charge is 0.493 e. The first-order valence-electron chi connectivity index (χ1n) is 9.94. The van der Waals surface area contributed by atoms with Crippen molar-refractivity contribution >= 4 is 23.4 Å². The number of para-hydroxylation sites is 2. The molecule has 0 unspecified atom stereocenters. The number of nitrogens with one attached hydrogen (secondary N) is 1. The molecule has 0 aliphatic heterocycles. The lowest BCUT2D eigenvalue weighted by atomic mass is 10.1. The second-order valence-electron chi connectivity index (χ2n) is 7.08. The fourth-order valence-electron chi connectivity index (χ4n) is 2.98. The number of nitro groups is 1. The molecular formula is C25H21N3O5. The first kappa shape index (κ1) is 23.0. The van der Waals surface area contributed by atoms with E-state index in [4.69, 9.17) is 9.47 Å². The molecule has 0 bridgehead atoms. The lowest BCUT2D eigenvalue weighted by molar-refractivity contribution is -0.383. The molecule has 8 heteroatoms. The number of ether oxygens (including phenoxy) is 2. The molecule has 3 aromatic rings. The van der Waals surface area contributed by atoms with E-state index in [0.29, 0.717) is 23.7 Å². The molecule has 0 saturated carbocycles. The number of carbonyl (C=O) groups excluding carboxylic acids is 1. The normalized spacial score (nSPS) is 10.8. The molecule has 0 saturated heterocycles. The van der Waals surface area contributed by atoms with Gasteiger partial charge in [-0.2, -0.15) is 5.26 Å². The number of hydrogen-bond donors (Lipinski definition) is 1. The van der Waals surface area contributed by atoms with Gasteiger partial charge in [0.25, 0.3) is 11.6 Å². The van der Waals surface area contributed by atoms with E-state index in [0.717, 1.165) is 11.1 Å². The summed E-state index contributed by atoms with van der Waals surface area (Å²) in [6, 6.07) is 20.5. The third kappa shape index (κ3) is 5.95. The zero-order valence-corrected chi connectivity index (χ0v) is 18.1. The van der Waals surface area contributed by atoms with Crippen molar-refractivity contribution < 1.29 is 19.2 Å². The molecule has 0 radical (unpaired) electrons. The van der Waals surface area contributed by atoms with Gasteiger partial charge in [-0.1, -0.05) is 48.0 Å².